The van der Waals surface area contributed by atoms with E-state index in [1.807, 2.05) is 29.0 Å². The molecule has 2 heterocycles. The van der Waals surface area contributed by atoms with Crippen LogP contribution in [-0.2, 0) is 0 Å². The second-order valence-electron chi connectivity index (χ2n) is 5.81. The first-order chi connectivity index (χ1) is 10.3. The highest BCUT2D eigenvalue weighted by Gasteiger charge is 2.18. The molecule has 1 aliphatic carbocycles. The number of pyridine rings is 1. The van der Waals surface area contributed by atoms with Crippen LogP contribution in [0.5, 0.6) is 0 Å². The normalized spacial score (nSPS) is 16.6. The maximum Gasteiger partial charge on any atom is 0.261 e. The van der Waals surface area contributed by atoms with Crippen molar-refractivity contribution in [3.05, 3.63) is 47.3 Å². The summed E-state index contributed by atoms with van der Waals surface area (Å²) in [4.78, 5) is 21.5. The zero-order valence-electron chi connectivity index (χ0n) is 11.8. The van der Waals surface area contributed by atoms with Crippen LogP contribution in [0.1, 0.15) is 38.1 Å². The summed E-state index contributed by atoms with van der Waals surface area (Å²) >= 11 is 0. The van der Waals surface area contributed by atoms with Gasteiger partial charge in [-0.25, -0.2) is 4.98 Å². The van der Waals surface area contributed by atoms with Crippen LogP contribution in [0.15, 0.2) is 41.7 Å². The van der Waals surface area contributed by atoms with Crippen LogP contribution in [0.4, 0.5) is 0 Å². The van der Waals surface area contributed by atoms with Gasteiger partial charge in [0.2, 0.25) is 0 Å². The number of aromatic nitrogens is 3. The molecular formula is C17H17N3O. The molecule has 21 heavy (non-hydrogen) atoms. The van der Waals surface area contributed by atoms with Crippen molar-refractivity contribution in [1.82, 2.24) is 14.5 Å². The Labute approximate surface area is 122 Å². The number of nitrogens with zero attached hydrogens (tertiary/aromatic N) is 3. The van der Waals surface area contributed by atoms with E-state index < -0.39 is 0 Å². The lowest BCUT2D eigenvalue weighted by Crippen LogP contribution is -2.26. The molecule has 0 unspecified atom stereocenters. The van der Waals surface area contributed by atoms with Gasteiger partial charge in [0.15, 0.2) is 0 Å². The van der Waals surface area contributed by atoms with E-state index in [0.717, 1.165) is 29.1 Å². The topological polar surface area (TPSA) is 47.8 Å². The van der Waals surface area contributed by atoms with Crippen molar-refractivity contribution in [2.24, 2.45) is 0 Å². The molecule has 0 N–H and O–H groups in total. The van der Waals surface area contributed by atoms with Gasteiger partial charge in [-0.05, 0) is 25.0 Å². The Morgan fingerprint density at radius 2 is 1.90 bits per heavy atom. The summed E-state index contributed by atoms with van der Waals surface area (Å²) in [7, 11) is 0. The Morgan fingerprint density at radius 1 is 1.05 bits per heavy atom. The molecule has 0 spiro atoms. The SMILES string of the molecule is O=c1c2ccc3cnccc3c2ncn1C1CCCCC1. The Kier molecular flexibility index (Phi) is 2.95. The molecule has 1 aliphatic rings. The smallest absolute Gasteiger partial charge is 0.261 e. The summed E-state index contributed by atoms with van der Waals surface area (Å²) in [6, 6.07) is 6.08. The molecule has 1 saturated carbocycles. The standard InChI is InChI=1S/C17H17N3O/c21-17-15-7-6-12-10-18-9-8-14(12)16(15)19-11-20(17)13-4-2-1-3-5-13/h6-11,13H,1-5H2. The summed E-state index contributed by atoms with van der Waals surface area (Å²) < 4.78 is 1.84. The fraction of sp³-hybridized carbons (Fsp3) is 0.353. The molecule has 0 bridgehead atoms. The van der Waals surface area contributed by atoms with Crippen LogP contribution in [0.3, 0.4) is 0 Å². The van der Waals surface area contributed by atoms with E-state index in [2.05, 4.69) is 9.97 Å². The molecule has 0 saturated heterocycles. The Balaban J connectivity index is 1.95. The van der Waals surface area contributed by atoms with Crippen LogP contribution in [0.2, 0.25) is 0 Å². The molecule has 3 aromatic rings. The Bertz CT molecular complexity index is 863. The predicted octanol–water partition coefficient (Wildman–Crippen LogP) is 3.45. The predicted molar refractivity (Wildman–Crippen MR) is 83.4 cm³/mol. The molecule has 4 nitrogen and oxygen atoms in total. The van der Waals surface area contributed by atoms with Crippen molar-refractivity contribution in [3.63, 3.8) is 0 Å². The lowest BCUT2D eigenvalue weighted by Gasteiger charge is -2.23. The monoisotopic (exact) mass is 279 g/mol. The van der Waals surface area contributed by atoms with Gasteiger partial charge in [0.1, 0.15) is 0 Å². The van der Waals surface area contributed by atoms with Gasteiger partial charge in [0, 0.05) is 29.2 Å². The lowest BCUT2D eigenvalue weighted by atomic mass is 9.95. The molecule has 0 atom stereocenters. The maximum atomic E-state index is 12.8. The minimum Gasteiger partial charge on any atom is -0.296 e. The minimum absolute atomic E-state index is 0.0885. The third-order valence-electron chi connectivity index (χ3n) is 4.54. The molecular weight excluding hydrogens is 262 g/mol. The first kappa shape index (κ1) is 12.5. The van der Waals surface area contributed by atoms with E-state index in [9.17, 15) is 4.79 Å². The van der Waals surface area contributed by atoms with Gasteiger partial charge in [-0.1, -0.05) is 25.3 Å². The average molecular weight is 279 g/mol. The molecule has 4 heteroatoms. The van der Waals surface area contributed by atoms with Gasteiger partial charge in [-0.15, -0.1) is 0 Å². The van der Waals surface area contributed by atoms with Crippen LogP contribution >= 0.6 is 0 Å². The summed E-state index contributed by atoms with van der Waals surface area (Å²) in [5, 5.41) is 2.73. The highest BCUT2D eigenvalue weighted by Crippen LogP contribution is 2.27. The number of fused-ring (bicyclic) bond motifs is 3. The Hall–Kier alpha value is -2.23. The summed E-state index contributed by atoms with van der Waals surface area (Å²) in [6.45, 7) is 0. The zero-order valence-corrected chi connectivity index (χ0v) is 11.8. The van der Waals surface area contributed by atoms with Gasteiger partial charge in [0.25, 0.3) is 5.56 Å². The van der Waals surface area contributed by atoms with Gasteiger partial charge < -0.3 is 0 Å². The number of rotatable bonds is 1. The summed E-state index contributed by atoms with van der Waals surface area (Å²) in [5.41, 5.74) is 0.873. The van der Waals surface area contributed by atoms with Crippen LogP contribution in [-0.4, -0.2) is 14.5 Å². The van der Waals surface area contributed by atoms with Crippen molar-refractivity contribution < 1.29 is 0 Å². The quantitative estimate of drug-likeness (QED) is 0.641. The van der Waals surface area contributed by atoms with E-state index in [1.165, 1.54) is 19.3 Å². The van der Waals surface area contributed by atoms with Crippen molar-refractivity contribution in [2.75, 3.05) is 0 Å². The summed E-state index contributed by atoms with van der Waals surface area (Å²) in [5.74, 6) is 0. The summed E-state index contributed by atoms with van der Waals surface area (Å²) in [6.07, 6.45) is 11.2. The van der Waals surface area contributed by atoms with E-state index in [4.69, 9.17) is 0 Å². The molecule has 0 amide bonds. The first-order valence-electron chi connectivity index (χ1n) is 7.58. The third kappa shape index (κ3) is 2.02. The molecule has 1 aromatic carbocycles. The largest absolute Gasteiger partial charge is 0.296 e. The zero-order chi connectivity index (χ0) is 14.2. The highest BCUT2D eigenvalue weighted by atomic mass is 16.1. The van der Waals surface area contributed by atoms with Gasteiger partial charge >= 0.3 is 0 Å². The van der Waals surface area contributed by atoms with E-state index in [-0.39, 0.29) is 5.56 Å². The van der Waals surface area contributed by atoms with Gasteiger partial charge in [0.05, 0.1) is 17.2 Å². The lowest BCUT2D eigenvalue weighted by molar-refractivity contribution is 0.345. The Morgan fingerprint density at radius 3 is 2.76 bits per heavy atom. The minimum atomic E-state index is 0.0885. The highest BCUT2D eigenvalue weighted by molar-refractivity contribution is 6.04. The van der Waals surface area contributed by atoms with Crippen molar-refractivity contribution in [2.45, 2.75) is 38.1 Å². The second kappa shape index (κ2) is 4.95. The van der Waals surface area contributed by atoms with Gasteiger partial charge in [-0.3, -0.25) is 14.3 Å². The van der Waals surface area contributed by atoms with Crippen molar-refractivity contribution >= 4 is 21.7 Å². The van der Waals surface area contributed by atoms with Crippen LogP contribution in [0.25, 0.3) is 21.7 Å². The number of benzene rings is 1. The van der Waals surface area contributed by atoms with Crippen molar-refractivity contribution in [1.29, 1.82) is 0 Å². The fourth-order valence-electron chi connectivity index (χ4n) is 3.39. The second-order valence-corrected chi connectivity index (χ2v) is 5.81. The molecule has 0 aliphatic heterocycles. The molecule has 106 valence electrons. The van der Waals surface area contributed by atoms with E-state index in [1.54, 1.807) is 12.5 Å². The van der Waals surface area contributed by atoms with E-state index in [0.29, 0.717) is 11.4 Å². The maximum absolute atomic E-state index is 12.8. The number of hydrogen-bond acceptors (Lipinski definition) is 3. The first-order valence-corrected chi connectivity index (χ1v) is 7.58. The molecule has 1 fully saturated rings. The van der Waals surface area contributed by atoms with Crippen LogP contribution < -0.4 is 5.56 Å². The third-order valence-corrected chi connectivity index (χ3v) is 4.54. The van der Waals surface area contributed by atoms with Crippen LogP contribution in [0, 0.1) is 0 Å². The average Bonchev–Trinajstić information content (AvgIpc) is 2.56. The van der Waals surface area contributed by atoms with E-state index >= 15 is 0 Å². The molecule has 4 rings (SSSR count). The molecule has 2 aromatic heterocycles. The van der Waals surface area contributed by atoms with Gasteiger partial charge in [-0.2, -0.15) is 0 Å². The number of hydrogen-bond donors (Lipinski definition) is 0. The van der Waals surface area contributed by atoms with Crippen molar-refractivity contribution in [3.8, 4) is 0 Å². The fourth-order valence-corrected chi connectivity index (χ4v) is 3.39. The molecule has 0 radical (unpaired) electrons.